The summed E-state index contributed by atoms with van der Waals surface area (Å²) in [5.41, 5.74) is 2.40. The van der Waals surface area contributed by atoms with E-state index in [1.165, 1.54) is 0 Å². The molecule has 2 aromatic heterocycles. The van der Waals surface area contributed by atoms with Crippen molar-refractivity contribution in [3.05, 3.63) is 42.6 Å². The number of carbonyl (C=O) groups excluding carboxylic acids is 1. The van der Waals surface area contributed by atoms with Crippen LogP contribution in [0.4, 0.5) is 10.6 Å². The first-order valence-corrected chi connectivity index (χ1v) is 7.28. The lowest BCUT2D eigenvalue weighted by molar-refractivity contribution is 0.254. The molecule has 2 amide bonds. The number of urea groups is 1. The fourth-order valence-electron chi connectivity index (χ4n) is 2.19. The average Bonchev–Trinajstić information content (AvgIpc) is 2.96. The van der Waals surface area contributed by atoms with E-state index < -0.39 is 0 Å². The number of hydrogen-bond acceptors (Lipinski definition) is 4. The van der Waals surface area contributed by atoms with Gasteiger partial charge in [-0.2, -0.15) is 5.10 Å². The highest BCUT2D eigenvalue weighted by atomic mass is 16.5. The van der Waals surface area contributed by atoms with E-state index in [1.807, 2.05) is 43.3 Å². The minimum absolute atomic E-state index is 0.321. The van der Waals surface area contributed by atoms with Crippen molar-refractivity contribution < 1.29 is 9.53 Å². The number of fused-ring (bicyclic) bond motifs is 1. The second-order valence-corrected chi connectivity index (χ2v) is 4.81. The zero-order valence-electron chi connectivity index (χ0n) is 12.9. The van der Waals surface area contributed by atoms with Gasteiger partial charge in [0.2, 0.25) is 0 Å². The molecule has 0 atom stereocenters. The number of amides is 2. The number of rotatable bonds is 4. The lowest BCUT2D eigenvalue weighted by Gasteiger charge is -2.05. The van der Waals surface area contributed by atoms with Crippen molar-refractivity contribution in [2.24, 2.45) is 0 Å². The van der Waals surface area contributed by atoms with Crippen LogP contribution in [0.5, 0.6) is 5.75 Å². The zero-order chi connectivity index (χ0) is 16.2. The van der Waals surface area contributed by atoms with E-state index in [4.69, 9.17) is 4.74 Å². The first-order valence-electron chi connectivity index (χ1n) is 7.28. The highest BCUT2D eigenvalue weighted by Crippen LogP contribution is 2.23. The van der Waals surface area contributed by atoms with E-state index >= 15 is 0 Å². The molecule has 7 heteroatoms. The van der Waals surface area contributed by atoms with Crippen molar-refractivity contribution in [3.8, 4) is 17.0 Å². The Balaban J connectivity index is 1.93. The van der Waals surface area contributed by atoms with Crippen molar-refractivity contribution in [2.75, 3.05) is 19.0 Å². The van der Waals surface area contributed by atoms with Crippen LogP contribution in [0, 0.1) is 0 Å². The molecule has 1 aromatic carbocycles. The SMILES string of the molecule is CCOc1cccc(-c2ccc3nc(NC(=O)NC)cn3n2)c1. The molecular formula is C16H17N5O2. The number of ether oxygens (including phenoxy) is 1. The number of imidazole rings is 1. The number of benzene rings is 1. The third kappa shape index (κ3) is 3.23. The Labute approximate surface area is 133 Å². The number of carbonyl (C=O) groups is 1. The van der Waals surface area contributed by atoms with Crippen LogP contribution in [0.1, 0.15) is 6.92 Å². The Morgan fingerprint density at radius 3 is 2.96 bits per heavy atom. The van der Waals surface area contributed by atoms with Crippen LogP contribution in [-0.2, 0) is 0 Å². The molecule has 0 radical (unpaired) electrons. The molecule has 0 aliphatic carbocycles. The van der Waals surface area contributed by atoms with Gasteiger partial charge in [0.05, 0.1) is 18.5 Å². The minimum Gasteiger partial charge on any atom is -0.494 e. The maximum Gasteiger partial charge on any atom is 0.320 e. The largest absolute Gasteiger partial charge is 0.494 e. The molecule has 7 nitrogen and oxygen atoms in total. The predicted molar refractivity (Wildman–Crippen MR) is 87.7 cm³/mol. The Morgan fingerprint density at radius 2 is 2.17 bits per heavy atom. The maximum absolute atomic E-state index is 11.3. The van der Waals surface area contributed by atoms with Gasteiger partial charge in [-0.1, -0.05) is 12.1 Å². The average molecular weight is 311 g/mol. The summed E-state index contributed by atoms with van der Waals surface area (Å²) in [6.07, 6.45) is 1.67. The van der Waals surface area contributed by atoms with E-state index in [-0.39, 0.29) is 6.03 Å². The van der Waals surface area contributed by atoms with Crippen LogP contribution in [0.25, 0.3) is 16.9 Å². The summed E-state index contributed by atoms with van der Waals surface area (Å²) in [7, 11) is 1.55. The Kier molecular flexibility index (Phi) is 4.09. The van der Waals surface area contributed by atoms with Gasteiger partial charge in [0.1, 0.15) is 5.75 Å². The number of hydrogen-bond donors (Lipinski definition) is 2. The molecule has 0 aliphatic heterocycles. The summed E-state index contributed by atoms with van der Waals surface area (Å²) in [6.45, 7) is 2.56. The summed E-state index contributed by atoms with van der Waals surface area (Å²) in [6, 6.07) is 11.2. The third-order valence-electron chi connectivity index (χ3n) is 3.23. The van der Waals surface area contributed by atoms with Crippen molar-refractivity contribution in [2.45, 2.75) is 6.92 Å². The smallest absolute Gasteiger partial charge is 0.320 e. The molecule has 0 unspecified atom stereocenters. The highest BCUT2D eigenvalue weighted by Gasteiger charge is 2.07. The summed E-state index contributed by atoms with van der Waals surface area (Å²) >= 11 is 0. The van der Waals surface area contributed by atoms with Crippen LogP contribution >= 0.6 is 0 Å². The first-order chi connectivity index (χ1) is 11.2. The number of anilines is 1. The van der Waals surface area contributed by atoms with Crippen LogP contribution in [0.3, 0.4) is 0 Å². The van der Waals surface area contributed by atoms with Crippen LogP contribution < -0.4 is 15.4 Å². The van der Waals surface area contributed by atoms with Crippen LogP contribution in [0.15, 0.2) is 42.6 Å². The molecule has 3 rings (SSSR count). The van der Waals surface area contributed by atoms with E-state index in [2.05, 4.69) is 20.7 Å². The van der Waals surface area contributed by atoms with Crippen LogP contribution in [0.2, 0.25) is 0 Å². The topological polar surface area (TPSA) is 80.5 Å². The molecule has 118 valence electrons. The zero-order valence-corrected chi connectivity index (χ0v) is 12.9. The summed E-state index contributed by atoms with van der Waals surface area (Å²) in [5.74, 6) is 1.25. The molecular weight excluding hydrogens is 294 g/mol. The molecule has 23 heavy (non-hydrogen) atoms. The van der Waals surface area contributed by atoms with E-state index in [0.717, 1.165) is 17.0 Å². The van der Waals surface area contributed by atoms with Crippen molar-refractivity contribution in [1.29, 1.82) is 0 Å². The fourth-order valence-corrected chi connectivity index (χ4v) is 2.19. The van der Waals surface area contributed by atoms with Gasteiger partial charge in [0.15, 0.2) is 11.5 Å². The molecule has 3 aromatic rings. The summed E-state index contributed by atoms with van der Waals surface area (Å²) in [5, 5.41) is 9.63. The molecule has 0 saturated carbocycles. The predicted octanol–water partition coefficient (Wildman–Crippen LogP) is 2.55. The van der Waals surface area contributed by atoms with Crippen molar-refractivity contribution in [1.82, 2.24) is 19.9 Å². The molecule has 2 N–H and O–H groups in total. The van der Waals surface area contributed by atoms with Gasteiger partial charge in [0.25, 0.3) is 0 Å². The van der Waals surface area contributed by atoms with Gasteiger partial charge in [-0.05, 0) is 31.2 Å². The number of nitrogens with zero attached hydrogens (tertiary/aromatic N) is 3. The fraction of sp³-hybridized carbons (Fsp3) is 0.188. The van der Waals surface area contributed by atoms with E-state index in [9.17, 15) is 4.79 Å². The summed E-state index contributed by atoms with van der Waals surface area (Å²) in [4.78, 5) is 15.6. The molecule has 0 aliphatic rings. The molecule has 0 saturated heterocycles. The quantitative estimate of drug-likeness (QED) is 0.776. The Bertz CT molecular complexity index is 843. The molecule has 2 heterocycles. The first kappa shape index (κ1) is 14.8. The van der Waals surface area contributed by atoms with Gasteiger partial charge >= 0.3 is 6.03 Å². The van der Waals surface area contributed by atoms with E-state index in [0.29, 0.717) is 18.1 Å². The second-order valence-electron chi connectivity index (χ2n) is 4.81. The minimum atomic E-state index is -0.321. The van der Waals surface area contributed by atoms with Crippen molar-refractivity contribution >= 4 is 17.5 Å². The van der Waals surface area contributed by atoms with Gasteiger partial charge in [-0.25, -0.2) is 14.3 Å². The second kappa shape index (κ2) is 6.35. The molecule has 0 fully saturated rings. The summed E-state index contributed by atoms with van der Waals surface area (Å²) < 4.78 is 7.15. The van der Waals surface area contributed by atoms with Gasteiger partial charge < -0.3 is 10.1 Å². The Hall–Kier alpha value is -3.09. The number of nitrogens with one attached hydrogen (secondary N) is 2. The highest BCUT2D eigenvalue weighted by molar-refractivity contribution is 5.88. The van der Waals surface area contributed by atoms with Crippen molar-refractivity contribution in [3.63, 3.8) is 0 Å². The monoisotopic (exact) mass is 311 g/mol. The lowest BCUT2D eigenvalue weighted by atomic mass is 10.1. The van der Waals surface area contributed by atoms with Crippen LogP contribution in [-0.4, -0.2) is 34.3 Å². The third-order valence-corrected chi connectivity index (χ3v) is 3.23. The molecule has 0 spiro atoms. The Morgan fingerprint density at radius 1 is 1.30 bits per heavy atom. The van der Waals surface area contributed by atoms with Gasteiger partial charge in [-0.3, -0.25) is 5.32 Å². The normalized spacial score (nSPS) is 10.5. The van der Waals surface area contributed by atoms with Gasteiger partial charge in [0, 0.05) is 12.6 Å². The standard InChI is InChI=1S/C16H17N5O2/c1-3-23-12-6-4-5-11(9-12)13-7-8-15-18-14(10-21(15)20-13)19-16(22)17-2/h4-10H,3H2,1-2H3,(H2,17,19,22). The maximum atomic E-state index is 11.3. The van der Waals surface area contributed by atoms with E-state index in [1.54, 1.807) is 17.8 Å². The lowest BCUT2D eigenvalue weighted by Crippen LogP contribution is -2.24. The number of aromatic nitrogens is 3. The molecule has 0 bridgehead atoms. The van der Waals surface area contributed by atoms with Gasteiger partial charge in [-0.15, -0.1) is 0 Å².